The summed E-state index contributed by atoms with van der Waals surface area (Å²) in [6.07, 6.45) is -13.3. The maximum Gasteiger partial charge on any atom is 0.436 e. The monoisotopic (exact) mass is 290 g/mol. The molecule has 0 aromatic heterocycles. The predicted octanol–water partition coefficient (Wildman–Crippen LogP) is 0.538. The summed E-state index contributed by atoms with van der Waals surface area (Å²) in [4.78, 5) is 0. The van der Waals surface area contributed by atoms with Crippen molar-refractivity contribution in [2.24, 2.45) is 4.40 Å². The molecule has 0 spiro atoms. The summed E-state index contributed by atoms with van der Waals surface area (Å²) in [6, 6.07) is 0. The molecule has 0 unspecified atom stereocenters. The molecule has 4 nitrogen and oxygen atoms in total. The van der Waals surface area contributed by atoms with Gasteiger partial charge in [0.1, 0.15) is 0 Å². The van der Waals surface area contributed by atoms with Crippen LogP contribution in [-0.4, -0.2) is 38.6 Å². The van der Waals surface area contributed by atoms with Crippen LogP contribution in [0.15, 0.2) is 4.40 Å². The van der Waals surface area contributed by atoms with Crippen LogP contribution in [0.5, 0.6) is 0 Å². The first-order valence-electron chi connectivity index (χ1n) is 3.42. The fourth-order valence-electron chi connectivity index (χ4n) is 0.617. The first-order chi connectivity index (χ1) is 7.13. The lowest BCUT2D eigenvalue weighted by molar-refractivity contribution is -0.347. The van der Waals surface area contributed by atoms with E-state index in [4.69, 9.17) is 0 Å². The molecule has 0 saturated heterocycles. The third-order valence-corrected chi connectivity index (χ3v) is 1.82. The molecular formula is C5H3F7NO3S-. The molecule has 0 heterocycles. The van der Waals surface area contributed by atoms with Crippen LogP contribution in [0.4, 0.5) is 30.7 Å². The van der Waals surface area contributed by atoms with Crippen molar-refractivity contribution >= 4 is 15.9 Å². The van der Waals surface area contributed by atoms with Gasteiger partial charge in [-0.25, -0.2) is 12.8 Å². The summed E-state index contributed by atoms with van der Waals surface area (Å²) in [5.74, 6) is -3.49. The molecule has 0 fully saturated rings. The maximum absolute atomic E-state index is 12.8. The Balaban J connectivity index is 5.96. The van der Waals surface area contributed by atoms with E-state index in [0.717, 1.165) is 0 Å². The molecule has 0 amide bonds. The molecule has 0 aromatic carbocycles. The Kier molecular flexibility index (Phi) is 3.74. The van der Waals surface area contributed by atoms with E-state index in [9.17, 15) is 44.3 Å². The standard InChI is InChI=1S/C5H4F7NO3S/c1-17(15,16)13-2(14)3(6,4(7,8)9)5(10,11)12/h1H3,(H,13,14)/p-1. The third kappa shape index (κ3) is 3.20. The average Bonchev–Trinajstić information content (AvgIpc) is 1.94. The number of hydrogen-bond acceptors (Lipinski definition) is 3. The van der Waals surface area contributed by atoms with Crippen molar-refractivity contribution < 1.29 is 44.3 Å². The van der Waals surface area contributed by atoms with Crippen molar-refractivity contribution in [3.63, 3.8) is 0 Å². The fraction of sp³-hybridized carbons (Fsp3) is 0.800. The van der Waals surface area contributed by atoms with Gasteiger partial charge >= 0.3 is 18.0 Å². The highest BCUT2D eigenvalue weighted by Gasteiger charge is 2.73. The minimum Gasteiger partial charge on any atom is -0.858 e. The summed E-state index contributed by atoms with van der Waals surface area (Å²) in [6.45, 7) is 0. The van der Waals surface area contributed by atoms with Gasteiger partial charge in [0.15, 0.2) is 0 Å². The summed E-state index contributed by atoms with van der Waals surface area (Å²) < 4.78 is 106. The third-order valence-electron chi connectivity index (χ3n) is 1.32. The molecule has 0 aliphatic rings. The van der Waals surface area contributed by atoms with Crippen molar-refractivity contribution in [2.45, 2.75) is 18.0 Å². The molecule has 0 rings (SSSR count). The Hall–Kier alpha value is -1.07. The highest BCUT2D eigenvalue weighted by molar-refractivity contribution is 7.89. The Morgan fingerprint density at radius 1 is 1.00 bits per heavy atom. The Morgan fingerprint density at radius 3 is 1.47 bits per heavy atom. The molecule has 12 heteroatoms. The van der Waals surface area contributed by atoms with Crippen molar-refractivity contribution in [2.75, 3.05) is 6.26 Å². The van der Waals surface area contributed by atoms with E-state index in [1.165, 1.54) is 4.40 Å². The number of alkyl halides is 7. The van der Waals surface area contributed by atoms with Crippen molar-refractivity contribution in [1.29, 1.82) is 0 Å². The predicted molar refractivity (Wildman–Crippen MR) is 38.2 cm³/mol. The molecule has 0 N–H and O–H groups in total. The van der Waals surface area contributed by atoms with Gasteiger partial charge in [-0.2, -0.15) is 30.7 Å². The Bertz CT molecular complexity index is 406. The molecule has 0 aliphatic carbocycles. The van der Waals surface area contributed by atoms with Crippen LogP contribution < -0.4 is 5.11 Å². The number of nitrogens with zero attached hydrogens (tertiary/aromatic N) is 1. The largest absolute Gasteiger partial charge is 0.858 e. The van der Waals surface area contributed by atoms with Crippen molar-refractivity contribution in [1.82, 2.24) is 0 Å². The van der Waals surface area contributed by atoms with Gasteiger partial charge in [-0.1, -0.05) is 0 Å². The normalized spacial score (nSPS) is 16.1. The zero-order chi connectivity index (χ0) is 14.3. The van der Waals surface area contributed by atoms with Gasteiger partial charge in [0, 0.05) is 5.90 Å². The summed E-state index contributed by atoms with van der Waals surface area (Å²) in [5, 5.41) is 10.4. The average molecular weight is 290 g/mol. The lowest BCUT2D eigenvalue weighted by Crippen LogP contribution is -2.62. The molecular weight excluding hydrogens is 287 g/mol. The zero-order valence-corrected chi connectivity index (χ0v) is 8.54. The molecule has 0 atom stereocenters. The molecule has 17 heavy (non-hydrogen) atoms. The summed E-state index contributed by atoms with van der Waals surface area (Å²) in [5.41, 5.74) is -6.34. The van der Waals surface area contributed by atoms with E-state index in [2.05, 4.69) is 0 Å². The van der Waals surface area contributed by atoms with Crippen LogP contribution in [0.2, 0.25) is 0 Å². The van der Waals surface area contributed by atoms with Gasteiger partial charge in [0.05, 0.1) is 6.26 Å². The minimum atomic E-state index is -6.67. The van der Waals surface area contributed by atoms with Crippen molar-refractivity contribution in [3.8, 4) is 0 Å². The molecule has 0 saturated carbocycles. The number of halogens is 7. The fourth-order valence-corrected chi connectivity index (χ4v) is 1.04. The SMILES string of the molecule is CS(=O)(=O)N=C([O-])C(F)(C(F)(F)F)C(F)(F)F. The first kappa shape index (κ1) is 15.9. The van der Waals surface area contributed by atoms with Crippen LogP contribution in [0.1, 0.15) is 0 Å². The summed E-state index contributed by atoms with van der Waals surface area (Å²) in [7, 11) is -4.89. The molecule has 102 valence electrons. The second kappa shape index (κ2) is 3.99. The van der Waals surface area contributed by atoms with Crippen LogP contribution in [0.3, 0.4) is 0 Å². The van der Waals surface area contributed by atoms with Gasteiger partial charge < -0.3 is 5.11 Å². The van der Waals surface area contributed by atoms with Crippen LogP contribution in [0.25, 0.3) is 0 Å². The number of hydrogen-bond donors (Lipinski definition) is 0. The maximum atomic E-state index is 12.8. The second-order valence-electron chi connectivity index (χ2n) is 2.78. The van der Waals surface area contributed by atoms with Gasteiger partial charge in [0.25, 0.3) is 0 Å². The number of sulfonamides is 1. The van der Waals surface area contributed by atoms with Gasteiger partial charge in [-0.15, -0.1) is 0 Å². The Morgan fingerprint density at radius 2 is 1.29 bits per heavy atom. The van der Waals surface area contributed by atoms with Crippen molar-refractivity contribution in [3.05, 3.63) is 0 Å². The van der Waals surface area contributed by atoms with Crippen LogP contribution in [0, 0.1) is 0 Å². The summed E-state index contributed by atoms with van der Waals surface area (Å²) >= 11 is 0. The van der Waals surface area contributed by atoms with E-state index >= 15 is 0 Å². The smallest absolute Gasteiger partial charge is 0.436 e. The lowest BCUT2D eigenvalue weighted by atomic mass is 10.1. The van der Waals surface area contributed by atoms with E-state index in [0.29, 0.717) is 0 Å². The molecule has 0 aromatic rings. The quantitative estimate of drug-likeness (QED) is 0.423. The highest BCUT2D eigenvalue weighted by Crippen LogP contribution is 2.46. The van der Waals surface area contributed by atoms with Gasteiger partial charge in [-0.05, 0) is 0 Å². The van der Waals surface area contributed by atoms with E-state index in [1.807, 2.05) is 0 Å². The second-order valence-corrected chi connectivity index (χ2v) is 4.43. The molecule has 0 radical (unpaired) electrons. The Labute approximate surface area is 89.8 Å². The van der Waals surface area contributed by atoms with E-state index in [-0.39, 0.29) is 6.26 Å². The molecule has 0 bridgehead atoms. The zero-order valence-electron chi connectivity index (χ0n) is 7.73. The van der Waals surface area contributed by atoms with E-state index < -0.39 is 33.9 Å². The minimum absolute atomic E-state index is 0.0398. The van der Waals surface area contributed by atoms with Gasteiger partial charge in [-0.3, -0.25) is 0 Å². The lowest BCUT2D eigenvalue weighted by Gasteiger charge is -2.33. The van der Waals surface area contributed by atoms with Crippen LogP contribution in [-0.2, 0) is 10.0 Å². The first-order valence-corrected chi connectivity index (χ1v) is 5.27. The number of rotatable bonds is 2. The topological polar surface area (TPSA) is 69.6 Å². The van der Waals surface area contributed by atoms with E-state index in [1.54, 1.807) is 0 Å². The molecule has 0 aliphatic heterocycles. The highest BCUT2D eigenvalue weighted by atomic mass is 32.2. The van der Waals surface area contributed by atoms with Crippen LogP contribution >= 0.6 is 0 Å². The van der Waals surface area contributed by atoms with Gasteiger partial charge in [0.2, 0.25) is 10.0 Å².